The highest BCUT2D eigenvalue weighted by Crippen LogP contribution is 2.15. The standard InChI is InChI=1S/C16H18F2N4O/c17-12-1-2-14(18)11(7-12)8-13(19)9-16(23)22-6-5-21-4-3-20-15(21)10-22/h1-4,7,13H,5-6,8-10,19H2. The molecule has 7 heteroatoms. The highest BCUT2D eigenvalue weighted by molar-refractivity contribution is 5.76. The van der Waals surface area contributed by atoms with E-state index in [1.165, 1.54) is 0 Å². The number of nitrogens with zero attached hydrogens (tertiary/aromatic N) is 3. The van der Waals surface area contributed by atoms with Crippen molar-refractivity contribution in [2.24, 2.45) is 5.73 Å². The van der Waals surface area contributed by atoms with Crippen LogP contribution in [0.4, 0.5) is 8.78 Å². The Hall–Kier alpha value is -2.28. The minimum absolute atomic E-state index is 0.0939. The van der Waals surface area contributed by atoms with Crippen LogP contribution in [0.15, 0.2) is 30.6 Å². The smallest absolute Gasteiger partial charge is 0.224 e. The SMILES string of the molecule is NC(CC(=O)N1CCn2ccnc2C1)Cc1cc(F)ccc1F. The predicted molar refractivity (Wildman–Crippen MR) is 80.3 cm³/mol. The summed E-state index contributed by atoms with van der Waals surface area (Å²) in [5, 5.41) is 0. The largest absolute Gasteiger partial charge is 0.333 e. The maximum Gasteiger partial charge on any atom is 0.224 e. The molecule has 0 saturated heterocycles. The van der Waals surface area contributed by atoms with E-state index in [1.807, 2.05) is 10.8 Å². The summed E-state index contributed by atoms with van der Waals surface area (Å²) in [5.41, 5.74) is 6.14. The summed E-state index contributed by atoms with van der Waals surface area (Å²) in [6, 6.07) is 2.70. The molecule has 1 atom stereocenters. The Morgan fingerprint density at radius 3 is 3.00 bits per heavy atom. The molecule has 0 spiro atoms. The molecule has 122 valence electrons. The molecular weight excluding hydrogens is 302 g/mol. The summed E-state index contributed by atoms with van der Waals surface area (Å²) in [5.74, 6) is -0.269. The molecular formula is C16H18F2N4O. The zero-order chi connectivity index (χ0) is 16.4. The van der Waals surface area contributed by atoms with E-state index in [9.17, 15) is 13.6 Å². The second-order valence-corrected chi connectivity index (χ2v) is 5.76. The fourth-order valence-corrected chi connectivity index (χ4v) is 2.79. The summed E-state index contributed by atoms with van der Waals surface area (Å²) in [6.07, 6.45) is 3.81. The van der Waals surface area contributed by atoms with Crippen LogP contribution in [0, 0.1) is 11.6 Å². The maximum absolute atomic E-state index is 13.6. The first-order valence-corrected chi connectivity index (χ1v) is 7.50. The number of benzene rings is 1. The number of hydrogen-bond donors (Lipinski definition) is 1. The molecule has 5 nitrogen and oxygen atoms in total. The summed E-state index contributed by atoms with van der Waals surface area (Å²) in [4.78, 5) is 18.2. The van der Waals surface area contributed by atoms with Crippen molar-refractivity contribution in [1.82, 2.24) is 14.5 Å². The van der Waals surface area contributed by atoms with Crippen LogP contribution in [0.5, 0.6) is 0 Å². The van der Waals surface area contributed by atoms with Gasteiger partial charge in [-0.1, -0.05) is 0 Å². The van der Waals surface area contributed by atoms with Gasteiger partial charge in [-0.25, -0.2) is 13.8 Å². The van der Waals surface area contributed by atoms with Crippen molar-refractivity contribution < 1.29 is 13.6 Å². The van der Waals surface area contributed by atoms with Crippen molar-refractivity contribution in [2.45, 2.75) is 32.0 Å². The number of hydrogen-bond acceptors (Lipinski definition) is 3. The van der Waals surface area contributed by atoms with Gasteiger partial charge in [0, 0.05) is 37.9 Å². The zero-order valence-corrected chi connectivity index (χ0v) is 12.6. The van der Waals surface area contributed by atoms with Crippen LogP contribution in [0.25, 0.3) is 0 Å². The van der Waals surface area contributed by atoms with Crippen LogP contribution in [0.3, 0.4) is 0 Å². The first-order valence-electron chi connectivity index (χ1n) is 7.50. The van der Waals surface area contributed by atoms with Gasteiger partial charge in [-0.05, 0) is 30.2 Å². The Morgan fingerprint density at radius 1 is 1.35 bits per heavy atom. The van der Waals surface area contributed by atoms with E-state index in [2.05, 4.69) is 4.98 Å². The lowest BCUT2D eigenvalue weighted by atomic mass is 10.0. The Labute approximate surface area is 132 Å². The number of fused-ring (bicyclic) bond motifs is 1. The quantitative estimate of drug-likeness (QED) is 0.928. The van der Waals surface area contributed by atoms with Gasteiger partial charge in [-0.15, -0.1) is 0 Å². The summed E-state index contributed by atoms with van der Waals surface area (Å²) in [7, 11) is 0. The Balaban J connectivity index is 1.58. The number of halogens is 2. The molecule has 2 N–H and O–H groups in total. The van der Waals surface area contributed by atoms with Crippen molar-refractivity contribution in [3.63, 3.8) is 0 Å². The molecule has 0 radical (unpaired) electrons. The number of nitrogens with two attached hydrogens (primary N) is 1. The number of carbonyl (C=O) groups excluding carboxylic acids is 1. The van der Waals surface area contributed by atoms with Crippen LogP contribution in [-0.2, 0) is 24.3 Å². The fraction of sp³-hybridized carbons (Fsp3) is 0.375. The van der Waals surface area contributed by atoms with E-state index in [1.54, 1.807) is 11.1 Å². The number of aromatic nitrogens is 2. The van der Waals surface area contributed by atoms with Gasteiger partial charge in [0.05, 0.1) is 6.54 Å². The third-order valence-corrected chi connectivity index (χ3v) is 4.02. The lowest BCUT2D eigenvalue weighted by molar-refractivity contribution is -0.133. The van der Waals surface area contributed by atoms with E-state index in [0.717, 1.165) is 24.0 Å². The second-order valence-electron chi connectivity index (χ2n) is 5.76. The third-order valence-electron chi connectivity index (χ3n) is 4.02. The average Bonchev–Trinajstić information content (AvgIpc) is 2.98. The lowest BCUT2D eigenvalue weighted by Crippen LogP contribution is -2.41. The Kier molecular flexibility index (Phi) is 4.38. The van der Waals surface area contributed by atoms with Crippen molar-refractivity contribution in [3.8, 4) is 0 Å². The number of imidazole rings is 1. The topological polar surface area (TPSA) is 64.2 Å². The molecule has 0 bridgehead atoms. The zero-order valence-electron chi connectivity index (χ0n) is 12.6. The van der Waals surface area contributed by atoms with E-state index in [-0.39, 0.29) is 24.3 Å². The highest BCUT2D eigenvalue weighted by Gasteiger charge is 2.23. The van der Waals surface area contributed by atoms with E-state index < -0.39 is 17.7 Å². The van der Waals surface area contributed by atoms with Crippen LogP contribution >= 0.6 is 0 Å². The Bertz CT molecular complexity index is 716. The van der Waals surface area contributed by atoms with Crippen molar-refractivity contribution in [3.05, 3.63) is 53.6 Å². The monoisotopic (exact) mass is 320 g/mol. The number of carbonyl (C=O) groups is 1. The molecule has 1 amide bonds. The molecule has 1 aliphatic rings. The van der Waals surface area contributed by atoms with Crippen LogP contribution in [0.1, 0.15) is 17.8 Å². The lowest BCUT2D eigenvalue weighted by Gasteiger charge is -2.28. The van der Waals surface area contributed by atoms with Crippen molar-refractivity contribution in [2.75, 3.05) is 6.54 Å². The normalized spacial score (nSPS) is 15.3. The summed E-state index contributed by atoms with van der Waals surface area (Å²) >= 11 is 0. The number of amides is 1. The average molecular weight is 320 g/mol. The van der Waals surface area contributed by atoms with Gasteiger partial charge in [-0.2, -0.15) is 0 Å². The molecule has 2 heterocycles. The second kappa shape index (κ2) is 6.45. The minimum Gasteiger partial charge on any atom is -0.333 e. The molecule has 23 heavy (non-hydrogen) atoms. The van der Waals surface area contributed by atoms with Crippen LogP contribution in [0.2, 0.25) is 0 Å². The molecule has 1 aromatic heterocycles. The van der Waals surface area contributed by atoms with E-state index in [0.29, 0.717) is 19.6 Å². The molecule has 2 aromatic rings. The molecule has 0 saturated carbocycles. The molecule has 0 fully saturated rings. The fourth-order valence-electron chi connectivity index (χ4n) is 2.79. The van der Waals surface area contributed by atoms with Gasteiger partial charge in [-0.3, -0.25) is 4.79 Å². The first kappa shape index (κ1) is 15.6. The summed E-state index contributed by atoms with van der Waals surface area (Å²) in [6.45, 7) is 1.75. The van der Waals surface area contributed by atoms with Gasteiger partial charge >= 0.3 is 0 Å². The van der Waals surface area contributed by atoms with Crippen LogP contribution in [-0.4, -0.2) is 32.9 Å². The molecule has 0 aliphatic carbocycles. The van der Waals surface area contributed by atoms with Crippen molar-refractivity contribution >= 4 is 5.91 Å². The highest BCUT2D eigenvalue weighted by atomic mass is 19.1. The van der Waals surface area contributed by atoms with E-state index >= 15 is 0 Å². The van der Waals surface area contributed by atoms with Gasteiger partial charge in [0.25, 0.3) is 0 Å². The maximum atomic E-state index is 13.6. The minimum atomic E-state index is -0.555. The third kappa shape index (κ3) is 3.56. The number of rotatable bonds is 4. The van der Waals surface area contributed by atoms with Gasteiger partial charge in [0.15, 0.2) is 0 Å². The van der Waals surface area contributed by atoms with E-state index in [4.69, 9.17) is 5.73 Å². The van der Waals surface area contributed by atoms with Gasteiger partial charge in [0.1, 0.15) is 17.5 Å². The molecule has 1 unspecified atom stereocenters. The van der Waals surface area contributed by atoms with Gasteiger partial charge in [0.2, 0.25) is 5.91 Å². The predicted octanol–water partition coefficient (Wildman–Crippen LogP) is 1.46. The molecule has 1 aliphatic heterocycles. The molecule has 1 aromatic carbocycles. The molecule has 3 rings (SSSR count). The van der Waals surface area contributed by atoms with Crippen molar-refractivity contribution in [1.29, 1.82) is 0 Å². The van der Waals surface area contributed by atoms with Gasteiger partial charge < -0.3 is 15.2 Å². The van der Waals surface area contributed by atoms with Crippen LogP contribution < -0.4 is 5.73 Å². The first-order chi connectivity index (χ1) is 11.0. The summed E-state index contributed by atoms with van der Waals surface area (Å²) < 4.78 is 28.8. The Morgan fingerprint density at radius 2 is 2.17 bits per heavy atom.